The summed E-state index contributed by atoms with van der Waals surface area (Å²) in [5.74, 6) is -0.732. The molecule has 2 aromatic rings. The standard InChI is InChI=1S/C14H15N3O4S/c1-8-12(22-17-16-8)13(18)15-6-5-9-3-4-10(14(19)20)7-11(9)21-2/h3-4,7H,5-6H2,1-2H3,(H,15,18)(H,19,20). The molecule has 0 aliphatic rings. The Morgan fingerprint density at radius 1 is 1.41 bits per heavy atom. The molecule has 0 aliphatic heterocycles. The Hall–Kier alpha value is -2.48. The van der Waals surface area contributed by atoms with Crippen LogP contribution in [0.15, 0.2) is 18.2 Å². The lowest BCUT2D eigenvalue weighted by Gasteiger charge is -2.10. The number of aromatic carboxylic acids is 1. The number of benzene rings is 1. The summed E-state index contributed by atoms with van der Waals surface area (Å²) in [5, 5.41) is 15.5. The van der Waals surface area contributed by atoms with Crippen molar-refractivity contribution in [2.45, 2.75) is 13.3 Å². The van der Waals surface area contributed by atoms with Crippen molar-refractivity contribution < 1.29 is 19.4 Å². The minimum Gasteiger partial charge on any atom is -0.496 e. The van der Waals surface area contributed by atoms with Crippen LogP contribution >= 0.6 is 11.5 Å². The molecule has 1 amide bonds. The molecule has 1 aromatic carbocycles. The van der Waals surface area contributed by atoms with Gasteiger partial charge in [0, 0.05) is 6.54 Å². The van der Waals surface area contributed by atoms with Gasteiger partial charge in [0.25, 0.3) is 5.91 Å². The lowest BCUT2D eigenvalue weighted by atomic mass is 10.1. The topological polar surface area (TPSA) is 101 Å². The van der Waals surface area contributed by atoms with Crippen molar-refractivity contribution in [3.8, 4) is 5.75 Å². The van der Waals surface area contributed by atoms with Gasteiger partial charge in [0.1, 0.15) is 10.6 Å². The fourth-order valence-electron chi connectivity index (χ4n) is 1.91. The smallest absolute Gasteiger partial charge is 0.335 e. The highest BCUT2D eigenvalue weighted by Gasteiger charge is 2.13. The number of rotatable bonds is 6. The Kier molecular flexibility index (Phi) is 5.05. The van der Waals surface area contributed by atoms with Crippen LogP contribution in [0.1, 0.15) is 31.3 Å². The van der Waals surface area contributed by atoms with Gasteiger partial charge in [-0.15, -0.1) is 5.10 Å². The first-order chi connectivity index (χ1) is 10.5. The summed E-state index contributed by atoms with van der Waals surface area (Å²) in [6.07, 6.45) is 0.528. The normalized spacial score (nSPS) is 10.3. The molecule has 22 heavy (non-hydrogen) atoms. The molecule has 1 aromatic heterocycles. The zero-order chi connectivity index (χ0) is 16.1. The Bertz CT molecular complexity index is 699. The number of amides is 1. The maximum Gasteiger partial charge on any atom is 0.335 e. The van der Waals surface area contributed by atoms with Gasteiger partial charge in [-0.3, -0.25) is 4.79 Å². The minimum atomic E-state index is -1.01. The molecule has 0 fully saturated rings. The largest absolute Gasteiger partial charge is 0.496 e. The number of carboxylic acids is 1. The van der Waals surface area contributed by atoms with Gasteiger partial charge in [0.15, 0.2) is 0 Å². The molecule has 0 aliphatic carbocycles. The number of aryl methyl sites for hydroxylation is 1. The van der Waals surface area contributed by atoms with Crippen LogP contribution in [0.3, 0.4) is 0 Å². The number of ether oxygens (including phenoxy) is 1. The molecule has 0 unspecified atom stereocenters. The van der Waals surface area contributed by atoms with Crippen molar-refractivity contribution in [2.24, 2.45) is 0 Å². The van der Waals surface area contributed by atoms with E-state index < -0.39 is 5.97 Å². The second-order valence-corrected chi connectivity index (χ2v) is 5.28. The zero-order valence-corrected chi connectivity index (χ0v) is 12.9. The van der Waals surface area contributed by atoms with E-state index in [9.17, 15) is 9.59 Å². The minimum absolute atomic E-state index is 0.163. The number of carbonyl (C=O) groups is 2. The van der Waals surface area contributed by atoms with E-state index >= 15 is 0 Å². The van der Waals surface area contributed by atoms with Gasteiger partial charge in [0.2, 0.25) is 0 Å². The summed E-state index contributed by atoms with van der Waals surface area (Å²) in [7, 11) is 1.48. The third kappa shape index (κ3) is 3.59. The average molecular weight is 321 g/mol. The second-order valence-electron chi connectivity index (χ2n) is 4.53. The summed E-state index contributed by atoms with van der Waals surface area (Å²) in [6, 6.07) is 4.67. The molecule has 8 heteroatoms. The van der Waals surface area contributed by atoms with Crippen LogP contribution in [0.5, 0.6) is 5.75 Å². The Balaban J connectivity index is 1.98. The van der Waals surface area contributed by atoms with Crippen molar-refractivity contribution in [3.05, 3.63) is 39.9 Å². The summed E-state index contributed by atoms with van der Waals surface area (Å²) in [6.45, 7) is 2.13. The van der Waals surface area contributed by atoms with Gasteiger partial charge in [-0.2, -0.15) is 0 Å². The van der Waals surface area contributed by atoms with Crippen molar-refractivity contribution in [1.29, 1.82) is 0 Å². The first-order valence-corrected chi connectivity index (χ1v) is 7.27. The molecule has 0 atom stereocenters. The highest BCUT2D eigenvalue weighted by atomic mass is 32.1. The van der Waals surface area contributed by atoms with Crippen LogP contribution < -0.4 is 10.1 Å². The monoisotopic (exact) mass is 321 g/mol. The van der Waals surface area contributed by atoms with Crippen LogP contribution in [-0.2, 0) is 6.42 Å². The molecular formula is C14H15N3O4S. The number of nitrogens with zero attached hydrogens (tertiary/aromatic N) is 2. The van der Waals surface area contributed by atoms with Gasteiger partial charge in [-0.25, -0.2) is 4.79 Å². The Morgan fingerprint density at radius 3 is 2.77 bits per heavy atom. The third-order valence-corrected chi connectivity index (χ3v) is 3.90. The SMILES string of the molecule is COc1cc(C(=O)O)ccc1CCNC(=O)c1snnc1C. The number of methoxy groups -OCH3 is 1. The number of carbonyl (C=O) groups excluding carboxylic acids is 1. The van der Waals surface area contributed by atoms with E-state index in [0.29, 0.717) is 29.3 Å². The van der Waals surface area contributed by atoms with Crippen LogP contribution in [0, 0.1) is 6.92 Å². The zero-order valence-electron chi connectivity index (χ0n) is 12.1. The predicted molar refractivity (Wildman–Crippen MR) is 80.6 cm³/mol. The van der Waals surface area contributed by atoms with E-state index in [1.54, 1.807) is 13.0 Å². The molecule has 0 saturated heterocycles. The van der Waals surface area contributed by atoms with Crippen LogP contribution in [0.25, 0.3) is 0 Å². The third-order valence-electron chi connectivity index (χ3n) is 3.07. The van der Waals surface area contributed by atoms with E-state index in [-0.39, 0.29) is 11.5 Å². The van der Waals surface area contributed by atoms with E-state index in [1.807, 2.05) is 0 Å². The van der Waals surface area contributed by atoms with E-state index in [2.05, 4.69) is 14.9 Å². The highest BCUT2D eigenvalue weighted by Crippen LogP contribution is 2.20. The molecule has 2 rings (SSSR count). The maximum atomic E-state index is 11.9. The fraction of sp³-hybridized carbons (Fsp3) is 0.286. The fourth-order valence-corrected chi connectivity index (χ4v) is 2.49. The number of nitrogens with one attached hydrogen (secondary N) is 1. The molecular weight excluding hydrogens is 306 g/mol. The number of hydrogen-bond acceptors (Lipinski definition) is 6. The lowest BCUT2D eigenvalue weighted by molar-refractivity contribution is 0.0696. The molecule has 2 N–H and O–H groups in total. The second kappa shape index (κ2) is 6.99. The van der Waals surface area contributed by atoms with E-state index in [0.717, 1.165) is 17.1 Å². The van der Waals surface area contributed by atoms with Gasteiger partial charge in [-0.1, -0.05) is 10.6 Å². The molecule has 116 valence electrons. The van der Waals surface area contributed by atoms with Crippen molar-refractivity contribution in [3.63, 3.8) is 0 Å². The first kappa shape index (κ1) is 15.9. The first-order valence-electron chi connectivity index (χ1n) is 6.50. The summed E-state index contributed by atoms with van der Waals surface area (Å²) >= 11 is 1.05. The van der Waals surface area contributed by atoms with E-state index in [1.165, 1.54) is 19.2 Å². The number of carboxylic acid groups (broad SMARTS) is 1. The van der Waals surface area contributed by atoms with Gasteiger partial charge < -0.3 is 15.2 Å². The molecule has 0 bridgehead atoms. The molecule has 0 saturated carbocycles. The van der Waals surface area contributed by atoms with E-state index in [4.69, 9.17) is 9.84 Å². The van der Waals surface area contributed by atoms with Crippen molar-refractivity contribution in [1.82, 2.24) is 14.9 Å². The highest BCUT2D eigenvalue weighted by molar-refractivity contribution is 7.07. The van der Waals surface area contributed by atoms with Gasteiger partial charge in [-0.05, 0) is 42.6 Å². The van der Waals surface area contributed by atoms with Crippen LogP contribution in [0.2, 0.25) is 0 Å². The summed E-state index contributed by atoms with van der Waals surface area (Å²) in [4.78, 5) is 23.3. The maximum absolute atomic E-state index is 11.9. The quantitative estimate of drug-likeness (QED) is 0.836. The molecule has 0 spiro atoms. The Morgan fingerprint density at radius 2 is 2.18 bits per heavy atom. The molecule has 1 heterocycles. The van der Waals surface area contributed by atoms with Crippen LogP contribution in [-0.4, -0.2) is 40.2 Å². The van der Waals surface area contributed by atoms with Gasteiger partial charge >= 0.3 is 5.97 Å². The summed E-state index contributed by atoms with van der Waals surface area (Å²) < 4.78 is 8.91. The molecule has 7 nitrogen and oxygen atoms in total. The average Bonchev–Trinajstić information content (AvgIpc) is 2.93. The lowest BCUT2D eigenvalue weighted by Crippen LogP contribution is -2.25. The number of hydrogen-bond donors (Lipinski definition) is 2. The Labute approximate surface area is 131 Å². The van der Waals surface area contributed by atoms with Crippen molar-refractivity contribution >= 4 is 23.4 Å². The molecule has 0 radical (unpaired) electrons. The predicted octanol–water partition coefficient (Wildman–Crippen LogP) is 1.53. The van der Waals surface area contributed by atoms with Gasteiger partial charge in [0.05, 0.1) is 18.4 Å². The van der Waals surface area contributed by atoms with Crippen LogP contribution in [0.4, 0.5) is 0 Å². The summed E-state index contributed by atoms with van der Waals surface area (Å²) in [5.41, 5.74) is 1.59. The number of aromatic nitrogens is 2. The van der Waals surface area contributed by atoms with Crippen molar-refractivity contribution in [2.75, 3.05) is 13.7 Å².